The highest BCUT2D eigenvalue weighted by atomic mass is 32.2. The van der Waals surface area contributed by atoms with Gasteiger partial charge in [-0.05, 0) is 37.4 Å². The van der Waals surface area contributed by atoms with E-state index in [1.54, 1.807) is 6.92 Å². The summed E-state index contributed by atoms with van der Waals surface area (Å²) >= 11 is 1.44. The number of carbonyl (C=O) groups excluding carboxylic acids is 1. The first kappa shape index (κ1) is 22.8. The van der Waals surface area contributed by atoms with Crippen molar-refractivity contribution >= 4 is 33.0 Å². The predicted molar refractivity (Wildman–Crippen MR) is 112 cm³/mol. The molecule has 2 heterocycles. The largest absolute Gasteiger partial charge is 0.337 e. The van der Waals surface area contributed by atoms with Gasteiger partial charge in [0, 0.05) is 12.6 Å². The Morgan fingerprint density at radius 1 is 1.26 bits per heavy atom. The van der Waals surface area contributed by atoms with Crippen LogP contribution in [0.2, 0.25) is 0 Å². The van der Waals surface area contributed by atoms with E-state index in [0.29, 0.717) is 5.82 Å². The quantitative estimate of drug-likeness (QED) is 0.501. The second kappa shape index (κ2) is 9.10. The van der Waals surface area contributed by atoms with E-state index >= 15 is 0 Å². The average molecular weight is 471 g/mol. The second-order valence-corrected chi connectivity index (χ2v) is 9.48. The van der Waals surface area contributed by atoms with Crippen LogP contribution in [0.1, 0.15) is 19.7 Å². The van der Waals surface area contributed by atoms with E-state index in [9.17, 15) is 22.0 Å². The molecule has 0 fully saturated rings. The first-order valence-electron chi connectivity index (χ1n) is 9.21. The van der Waals surface area contributed by atoms with Crippen LogP contribution in [-0.4, -0.2) is 48.2 Å². The molecule has 31 heavy (non-hydrogen) atoms. The van der Waals surface area contributed by atoms with E-state index in [-0.39, 0.29) is 24.7 Å². The van der Waals surface area contributed by atoms with E-state index in [2.05, 4.69) is 10.1 Å². The van der Waals surface area contributed by atoms with E-state index < -0.39 is 33.6 Å². The summed E-state index contributed by atoms with van der Waals surface area (Å²) in [4.78, 5) is 19.5. The molecular formula is C19H20F2N4O4S2. The van der Waals surface area contributed by atoms with Gasteiger partial charge in [-0.25, -0.2) is 17.2 Å². The zero-order valence-corrected chi connectivity index (χ0v) is 18.6. The normalized spacial score (nSPS) is 12.5. The number of amides is 1. The third-order valence-electron chi connectivity index (χ3n) is 4.45. The number of thiophene rings is 1. The van der Waals surface area contributed by atoms with Crippen LogP contribution in [0.15, 0.2) is 40.2 Å². The van der Waals surface area contributed by atoms with Gasteiger partial charge in [0.25, 0.3) is 0 Å². The van der Waals surface area contributed by atoms with Crippen LogP contribution < -0.4 is 4.31 Å². The molecule has 0 N–H and O–H groups in total. The third kappa shape index (κ3) is 5.07. The number of hydrogen-bond acceptors (Lipinski definition) is 7. The summed E-state index contributed by atoms with van der Waals surface area (Å²) in [5.74, 6) is -2.33. The van der Waals surface area contributed by atoms with Crippen molar-refractivity contribution in [2.75, 3.05) is 17.1 Å². The number of rotatable bonds is 8. The van der Waals surface area contributed by atoms with Crippen LogP contribution in [0.3, 0.4) is 0 Å². The minimum atomic E-state index is -3.99. The van der Waals surface area contributed by atoms with Crippen molar-refractivity contribution in [3.05, 3.63) is 53.2 Å². The fraction of sp³-hybridized carbons (Fsp3) is 0.316. The highest BCUT2D eigenvalue weighted by Crippen LogP contribution is 2.25. The average Bonchev–Trinajstić information content (AvgIpc) is 3.39. The second-order valence-electron chi connectivity index (χ2n) is 6.67. The van der Waals surface area contributed by atoms with Gasteiger partial charge in [0.2, 0.25) is 27.6 Å². The molecule has 0 saturated carbocycles. The Morgan fingerprint density at radius 3 is 2.58 bits per heavy atom. The number of sulfonamides is 1. The molecule has 8 nitrogen and oxygen atoms in total. The molecule has 166 valence electrons. The van der Waals surface area contributed by atoms with Crippen molar-refractivity contribution in [3.63, 3.8) is 0 Å². The van der Waals surface area contributed by atoms with Crippen LogP contribution >= 0.6 is 11.3 Å². The molecule has 0 aliphatic heterocycles. The highest BCUT2D eigenvalue weighted by molar-refractivity contribution is 7.92. The zero-order chi connectivity index (χ0) is 22.8. The molecule has 0 bridgehead atoms. The van der Waals surface area contributed by atoms with Crippen LogP contribution in [0.5, 0.6) is 0 Å². The number of nitrogens with zero attached hydrogens (tertiary/aromatic N) is 4. The summed E-state index contributed by atoms with van der Waals surface area (Å²) in [7, 11) is -3.99. The van der Waals surface area contributed by atoms with Crippen LogP contribution in [0, 0.1) is 11.6 Å². The van der Waals surface area contributed by atoms with Gasteiger partial charge in [-0.2, -0.15) is 4.98 Å². The number of carbonyl (C=O) groups is 1. The van der Waals surface area contributed by atoms with Gasteiger partial charge in [0.15, 0.2) is 11.6 Å². The fourth-order valence-electron chi connectivity index (χ4n) is 3.02. The molecule has 1 amide bonds. The SMILES string of the molecule is CCN(Cc1nc(-c2cccs2)no1)C(=O)[C@@H](C)N(c1ccc(F)c(F)c1)S(C)(=O)=O. The Balaban J connectivity index is 1.84. The number of likely N-dealkylation sites (N-methyl/N-ethyl adjacent to an activating group) is 1. The van der Waals surface area contributed by atoms with E-state index in [4.69, 9.17) is 4.52 Å². The van der Waals surface area contributed by atoms with Crippen molar-refractivity contribution in [2.24, 2.45) is 0 Å². The molecule has 0 aliphatic rings. The minimum absolute atomic E-state index is 0.0343. The Labute approximate surface area is 182 Å². The predicted octanol–water partition coefficient (Wildman–Crippen LogP) is 3.28. The molecular weight excluding hydrogens is 450 g/mol. The molecule has 1 aromatic carbocycles. The Hall–Kier alpha value is -2.86. The van der Waals surface area contributed by atoms with Crippen LogP contribution in [0.25, 0.3) is 10.7 Å². The van der Waals surface area contributed by atoms with Gasteiger partial charge < -0.3 is 9.42 Å². The van der Waals surface area contributed by atoms with E-state index in [0.717, 1.165) is 33.6 Å². The number of aromatic nitrogens is 2. The van der Waals surface area contributed by atoms with E-state index in [1.165, 1.54) is 23.2 Å². The van der Waals surface area contributed by atoms with Crippen molar-refractivity contribution in [1.82, 2.24) is 15.0 Å². The van der Waals surface area contributed by atoms with Gasteiger partial charge >= 0.3 is 0 Å². The van der Waals surface area contributed by atoms with Crippen LogP contribution in [0.4, 0.5) is 14.5 Å². The zero-order valence-electron chi connectivity index (χ0n) is 16.9. The maximum absolute atomic E-state index is 13.7. The summed E-state index contributed by atoms with van der Waals surface area (Å²) in [6.45, 7) is 3.28. The summed E-state index contributed by atoms with van der Waals surface area (Å²) < 4.78 is 57.7. The molecule has 0 radical (unpaired) electrons. The fourth-order valence-corrected chi connectivity index (χ4v) is 4.83. The topological polar surface area (TPSA) is 96.6 Å². The van der Waals surface area contributed by atoms with Gasteiger partial charge in [0.1, 0.15) is 12.6 Å². The lowest BCUT2D eigenvalue weighted by molar-refractivity contribution is -0.132. The first-order chi connectivity index (χ1) is 14.6. The van der Waals surface area contributed by atoms with Gasteiger partial charge in [-0.3, -0.25) is 9.10 Å². The van der Waals surface area contributed by atoms with E-state index in [1.807, 2.05) is 17.5 Å². The van der Waals surface area contributed by atoms with Gasteiger partial charge in [-0.15, -0.1) is 11.3 Å². The lowest BCUT2D eigenvalue weighted by Crippen LogP contribution is -2.49. The molecule has 1 atom stereocenters. The molecule has 3 aromatic rings. The summed E-state index contributed by atoms with van der Waals surface area (Å²) in [6, 6.07) is 5.10. The molecule has 0 unspecified atom stereocenters. The molecule has 3 rings (SSSR count). The molecule has 2 aromatic heterocycles. The molecule has 0 aliphatic carbocycles. The van der Waals surface area contributed by atoms with Crippen LogP contribution in [-0.2, 0) is 21.4 Å². The van der Waals surface area contributed by atoms with Crippen molar-refractivity contribution in [2.45, 2.75) is 26.4 Å². The number of benzene rings is 1. The number of hydrogen-bond donors (Lipinski definition) is 0. The van der Waals surface area contributed by atoms with Gasteiger partial charge in [-0.1, -0.05) is 11.2 Å². The maximum atomic E-state index is 13.7. The minimum Gasteiger partial charge on any atom is -0.337 e. The van der Waals surface area contributed by atoms with Crippen molar-refractivity contribution < 1.29 is 26.5 Å². The Morgan fingerprint density at radius 2 is 2.00 bits per heavy atom. The highest BCUT2D eigenvalue weighted by Gasteiger charge is 2.32. The maximum Gasteiger partial charge on any atom is 0.246 e. The summed E-state index contributed by atoms with van der Waals surface area (Å²) in [5.41, 5.74) is -0.156. The lowest BCUT2D eigenvalue weighted by atomic mass is 10.2. The lowest BCUT2D eigenvalue weighted by Gasteiger charge is -2.31. The molecule has 0 saturated heterocycles. The van der Waals surface area contributed by atoms with Crippen molar-refractivity contribution in [3.8, 4) is 10.7 Å². The number of anilines is 1. The standard InChI is InChI=1S/C19H20F2N4O4S2/c1-4-24(11-17-22-18(23-29-17)16-6-5-9-30-16)19(26)12(2)25(31(3,27)28)13-7-8-14(20)15(21)10-13/h5-10,12H,4,11H2,1-3H3/t12-/m1/s1. The summed E-state index contributed by atoms with van der Waals surface area (Å²) in [5, 5.41) is 5.76. The number of halogens is 2. The first-order valence-corrected chi connectivity index (χ1v) is 11.9. The molecule has 0 spiro atoms. The Kier molecular flexibility index (Phi) is 6.70. The van der Waals surface area contributed by atoms with Crippen molar-refractivity contribution in [1.29, 1.82) is 0 Å². The Bertz CT molecular complexity index is 1170. The monoisotopic (exact) mass is 470 g/mol. The third-order valence-corrected chi connectivity index (χ3v) is 6.56. The smallest absolute Gasteiger partial charge is 0.246 e. The summed E-state index contributed by atoms with van der Waals surface area (Å²) in [6.07, 6.45) is 0.889. The molecule has 12 heteroatoms. The van der Waals surface area contributed by atoms with Gasteiger partial charge in [0.05, 0.1) is 16.8 Å².